The lowest BCUT2D eigenvalue weighted by Crippen LogP contribution is -2.13. The van der Waals surface area contributed by atoms with Crippen molar-refractivity contribution in [3.8, 4) is 0 Å². The maximum atomic E-state index is 12.4. The molecule has 0 saturated carbocycles. The molecule has 0 bridgehead atoms. The smallest absolute Gasteiger partial charge is 0.259 e. The van der Waals surface area contributed by atoms with Gasteiger partial charge < -0.3 is 4.98 Å². The van der Waals surface area contributed by atoms with Gasteiger partial charge in [-0.05, 0) is 36.8 Å². The third kappa shape index (κ3) is 2.70. The first-order valence-corrected chi connectivity index (χ1v) is 8.38. The molecule has 0 radical (unpaired) electrons. The number of fused-ring (bicyclic) bond motifs is 1. The first-order chi connectivity index (χ1) is 10.5. The summed E-state index contributed by atoms with van der Waals surface area (Å²) in [4.78, 5) is 20.7. The van der Waals surface area contributed by atoms with Crippen molar-refractivity contribution in [1.82, 2.24) is 19.7 Å². The minimum atomic E-state index is -0.0479. The Hall–Kier alpha value is -1.95. The number of H-pyrrole nitrogens is 1. The Bertz CT molecular complexity index is 857. The highest BCUT2D eigenvalue weighted by atomic mass is 32.1. The second-order valence-corrected chi connectivity index (χ2v) is 6.95. The molecule has 1 N–H and O–H groups in total. The van der Waals surface area contributed by atoms with E-state index in [0.29, 0.717) is 24.2 Å². The largest absolute Gasteiger partial charge is 0.310 e. The number of hydrogen-bond donors (Lipinski definition) is 1. The molecule has 0 amide bonds. The van der Waals surface area contributed by atoms with E-state index in [1.165, 1.54) is 11.3 Å². The van der Waals surface area contributed by atoms with E-state index in [-0.39, 0.29) is 5.56 Å². The van der Waals surface area contributed by atoms with Crippen LogP contribution in [0, 0.1) is 0 Å². The lowest BCUT2D eigenvalue weighted by atomic mass is 10.0. The van der Waals surface area contributed by atoms with Gasteiger partial charge in [-0.2, -0.15) is 5.10 Å². The van der Waals surface area contributed by atoms with Gasteiger partial charge in [-0.1, -0.05) is 13.8 Å². The zero-order valence-electron chi connectivity index (χ0n) is 13.3. The van der Waals surface area contributed by atoms with Crippen LogP contribution < -0.4 is 5.56 Å². The second kappa shape index (κ2) is 5.68. The van der Waals surface area contributed by atoms with Crippen LogP contribution >= 0.6 is 11.3 Å². The van der Waals surface area contributed by atoms with Gasteiger partial charge in [-0.25, -0.2) is 4.98 Å². The van der Waals surface area contributed by atoms with Crippen molar-refractivity contribution in [2.24, 2.45) is 0 Å². The molecule has 3 rings (SSSR count). The van der Waals surface area contributed by atoms with E-state index in [0.717, 1.165) is 21.5 Å². The molecule has 116 valence electrons. The monoisotopic (exact) mass is 316 g/mol. The summed E-state index contributed by atoms with van der Waals surface area (Å²) < 4.78 is 1.91. The highest BCUT2D eigenvalue weighted by molar-refractivity contribution is 7.16. The Morgan fingerprint density at radius 2 is 2.09 bits per heavy atom. The van der Waals surface area contributed by atoms with Crippen molar-refractivity contribution in [3.05, 3.63) is 45.1 Å². The summed E-state index contributed by atoms with van der Waals surface area (Å²) in [5.74, 6) is 0.993. The molecule has 0 aliphatic heterocycles. The first kappa shape index (κ1) is 15.0. The van der Waals surface area contributed by atoms with Crippen molar-refractivity contribution < 1.29 is 0 Å². The molecule has 0 aliphatic rings. The van der Waals surface area contributed by atoms with E-state index >= 15 is 0 Å². The summed E-state index contributed by atoms with van der Waals surface area (Å²) in [6, 6.07) is 2.30. The SMILES string of the molecule is CC(C)c1csc2nc(Cc3ccn(C(C)C)n3)[nH]c(=O)c12. The Morgan fingerprint density at radius 3 is 2.73 bits per heavy atom. The summed E-state index contributed by atoms with van der Waals surface area (Å²) >= 11 is 1.53. The molecule has 3 aromatic rings. The van der Waals surface area contributed by atoms with Gasteiger partial charge in [-0.3, -0.25) is 9.48 Å². The van der Waals surface area contributed by atoms with Crippen LogP contribution in [-0.2, 0) is 6.42 Å². The lowest BCUT2D eigenvalue weighted by molar-refractivity contribution is 0.527. The van der Waals surface area contributed by atoms with Gasteiger partial charge >= 0.3 is 0 Å². The number of hydrogen-bond acceptors (Lipinski definition) is 4. The van der Waals surface area contributed by atoms with Crippen LogP contribution in [0.1, 0.15) is 56.7 Å². The van der Waals surface area contributed by atoms with E-state index in [1.54, 1.807) is 0 Å². The molecule has 0 unspecified atom stereocenters. The number of nitrogens with zero attached hydrogens (tertiary/aromatic N) is 3. The Balaban J connectivity index is 1.96. The van der Waals surface area contributed by atoms with Crippen molar-refractivity contribution in [2.45, 2.75) is 46.1 Å². The molecule has 22 heavy (non-hydrogen) atoms. The van der Waals surface area contributed by atoms with Crippen molar-refractivity contribution >= 4 is 21.6 Å². The van der Waals surface area contributed by atoms with Crippen LogP contribution in [-0.4, -0.2) is 19.7 Å². The number of thiophene rings is 1. The van der Waals surface area contributed by atoms with Gasteiger partial charge in [-0.15, -0.1) is 11.3 Å². The summed E-state index contributed by atoms with van der Waals surface area (Å²) in [6.45, 7) is 8.35. The van der Waals surface area contributed by atoms with Crippen molar-refractivity contribution in [2.75, 3.05) is 0 Å². The molecule has 6 heteroatoms. The molecule has 0 fully saturated rings. The summed E-state index contributed by atoms with van der Waals surface area (Å²) in [5, 5.41) is 7.28. The van der Waals surface area contributed by atoms with Crippen molar-refractivity contribution in [1.29, 1.82) is 0 Å². The summed E-state index contributed by atoms with van der Waals surface area (Å²) in [7, 11) is 0. The van der Waals surface area contributed by atoms with E-state index in [9.17, 15) is 4.79 Å². The maximum absolute atomic E-state index is 12.4. The van der Waals surface area contributed by atoms with Gasteiger partial charge in [0.05, 0.1) is 17.5 Å². The zero-order chi connectivity index (χ0) is 15.9. The van der Waals surface area contributed by atoms with Gasteiger partial charge in [0.2, 0.25) is 0 Å². The van der Waals surface area contributed by atoms with Crippen LogP contribution in [0.2, 0.25) is 0 Å². The molecule has 3 heterocycles. The van der Waals surface area contributed by atoms with Crippen molar-refractivity contribution in [3.63, 3.8) is 0 Å². The molecular weight excluding hydrogens is 296 g/mol. The Kier molecular flexibility index (Phi) is 3.87. The quantitative estimate of drug-likeness (QED) is 0.801. The van der Waals surface area contributed by atoms with Crippen LogP contribution in [0.4, 0.5) is 0 Å². The van der Waals surface area contributed by atoms with Crippen LogP contribution in [0.15, 0.2) is 22.4 Å². The predicted octanol–water partition coefficient (Wildman–Crippen LogP) is 3.48. The lowest BCUT2D eigenvalue weighted by Gasteiger charge is -2.04. The van der Waals surface area contributed by atoms with Gasteiger partial charge in [0.15, 0.2) is 0 Å². The average molecular weight is 316 g/mol. The molecule has 5 nitrogen and oxygen atoms in total. The topological polar surface area (TPSA) is 63.6 Å². The fourth-order valence-corrected chi connectivity index (χ4v) is 3.57. The highest BCUT2D eigenvalue weighted by Crippen LogP contribution is 2.27. The van der Waals surface area contributed by atoms with Crippen LogP contribution in [0.25, 0.3) is 10.2 Å². The summed E-state index contributed by atoms with van der Waals surface area (Å²) in [5.41, 5.74) is 1.94. The third-order valence-electron chi connectivity index (χ3n) is 3.68. The van der Waals surface area contributed by atoms with E-state index in [4.69, 9.17) is 0 Å². The van der Waals surface area contributed by atoms with Gasteiger partial charge in [0.1, 0.15) is 10.7 Å². The molecular formula is C16H20N4OS. The van der Waals surface area contributed by atoms with E-state index < -0.39 is 0 Å². The van der Waals surface area contributed by atoms with E-state index in [2.05, 4.69) is 42.8 Å². The van der Waals surface area contributed by atoms with Gasteiger partial charge in [0, 0.05) is 12.2 Å². The first-order valence-electron chi connectivity index (χ1n) is 7.50. The molecule has 3 aromatic heterocycles. The molecule has 0 aliphatic carbocycles. The fraction of sp³-hybridized carbons (Fsp3) is 0.438. The predicted molar refractivity (Wildman–Crippen MR) is 89.7 cm³/mol. The molecule has 0 saturated heterocycles. The number of nitrogens with one attached hydrogen (secondary N) is 1. The highest BCUT2D eigenvalue weighted by Gasteiger charge is 2.14. The van der Waals surface area contributed by atoms with Gasteiger partial charge in [0.25, 0.3) is 5.56 Å². The molecule has 0 spiro atoms. The van der Waals surface area contributed by atoms with Crippen LogP contribution in [0.3, 0.4) is 0 Å². The molecule has 0 atom stereocenters. The average Bonchev–Trinajstić information content (AvgIpc) is 3.05. The number of aromatic nitrogens is 4. The second-order valence-electron chi connectivity index (χ2n) is 6.10. The van der Waals surface area contributed by atoms with Crippen LogP contribution in [0.5, 0.6) is 0 Å². The van der Waals surface area contributed by atoms with E-state index in [1.807, 2.05) is 22.3 Å². The minimum Gasteiger partial charge on any atom is -0.310 e. The normalized spacial score (nSPS) is 11.9. The fourth-order valence-electron chi connectivity index (χ4n) is 2.45. The Morgan fingerprint density at radius 1 is 1.32 bits per heavy atom. The Labute approximate surface area is 133 Å². The standard InChI is InChI=1S/C16H20N4OS/c1-9(2)12-8-22-16-14(12)15(21)17-13(18-16)7-11-5-6-20(19-11)10(3)4/h5-6,8-10H,7H2,1-4H3,(H,17,18,21). The zero-order valence-corrected chi connectivity index (χ0v) is 14.1. The minimum absolute atomic E-state index is 0.0479. The number of aromatic amines is 1. The maximum Gasteiger partial charge on any atom is 0.259 e. The third-order valence-corrected chi connectivity index (χ3v) is 4.58. The summed E-state index contributed by atoms with van der Waals surface area (Å²) in [6.07, 6.45) is 2.50. The molecule has 0 aromatic carbocycles. The number of rotatable bonds is 4.